The van der Waals surface area contributed by atoms with E-state index >= 15 is 0 Å². The highest BCUT2D eigenvalue weighted by Gasteiger charge is 2.07. The number of non-ortho nitro benzene ring substituents is 1. The van der Waals surface area contributed by atoms with Crippen LogP contribution in [0, 0.1) is 10.1 Å². The third-order valence-electron chi connectivity index (χ3n) is 2.76. The van der Waals surface area contributed by atoms with Gasteiger partial charge in [0.15, 0.2) is 0 Å². The standard InChI is InChI=1S/C14H14N2O2/c1-11(12-5-3-2-4-6-12)15-13-7-9-14(10-8-13)16(17)18/h2-11,15H,1H3/t11-/m0/s1. The van der Waals surface area contributed by atoms with E-state index in [1.54, 1.807) is 12.1 Å². The molecule has 4 heteroatoms. The lowest BCUT2D eigenvalue weighted by Gasteiger charge is -2.15. The van der Waals surface area contributed by atoms with Crippen molar-refractivity contribution >= 4 is 11.4 Å². The van der Waals surface area contributed by atoms with E-state index in [1.807, 2.05) is 30.3 Å². The Bertz CT molecular complexity index is 523. The molecule has 0 spiro atoms. The molecule has 4 nitrogen and oxygen atoms in total. The normalized spacial score (nSPS) is 11.8. The number of rotatable bonds is 4. The van der Waals surface area contributed by atoms with Gasteiger partial charge in [0.25, 0.3) is 5.69 Å². The smallest absolute Gasteiger partial charge is 0.269 e. The zero-order valence-electron chi connectivity index (χ0n) is 10.0. The van der Waals surface area contributed by atoms with E-state index < -0.39 is 4.92 Å². The molecule has 0 saturated heterocycles. The fourth-order valence-corrected chi connectivity index (χ4v) is 1.75. The fraction of sp³-hybridized carbons (Fsp3) is 0.143. The predicted octanol–water partition coefficient (Wildman–Crippen LogP) is 3.77. The van der Waals surface area contributed by atoms with Gasteiger partial charge < -0.3 is 5.32 Å². The summed E-state index contributed by atoms with van der Waals surface area (Å²) in [7, 11) is 0. The number of hydrogen-bond acceptors (Lipinski definition) is 3. The molecule has 18 heavy (non-hydrogen) atoms. The molecule has 0 fully saturated rings. The summed E-state index contributed by atoms with van der Waals surface area (Å²) >= 11 is 0. The third kappa shape index (κ3) is 2.85. The first-order valence-electron chi connectivity index (χ1n) is 5.73. The second-order valence-electron chi connectivity index (χ2n) is 4.08. The maximum Gasteiger partial charge on any atom is 0.269 e. The van der Waals surface area contributed by atoms with Crippen LogP contribution >= 0.6 is 0 Å². The molecule has 0 radical (unpaired) electrons. The van der Waals surface area contributed by atoms with Crippen LogP contribution in [-0.4, -0.2) is 4.92 Å². The summed E-state index contributed by atoms with van der Waals surface area (Å²) in [5, 5.41) is 13.8. The summed E-state index contributed by atoms with van der Waals surface area (Å²) in [6.07, 6.45) is 0. The monoisotopic (exact) mass is 242 g/mol. The Morgan fingerprint density at radius 3 is 2.22 bits per heavy atom. The van der Waals surface area contributed by atoms with Crippen molar-refractivity contribution in [2.24, 2.45) is 0 Å². The highest BCUT2D eigenvalue weighted by molar-refractivity contribution is 5.49. The Hall–Kier alpha value is -2.36. The van der Waals surface area contributed by atoms with Gasteiger partial charge in [-0.05, 0) is 24.6 Å². The summed E-state index contributed by atoms with van der Waals surface area (Å²) < 4.78 is 0. The van der Waals surface area contributed by atoms with E-state index in [0.29, 0.717) is 0 Å². The van der Waals surface area contributed by atoms with Gasteiger partial charge in [-0.2, -0.15) is 0 Å². The number of nitro groups is 1. The molecule has 0 amide bonds. The molecule has 0 heterocycles. The molecule has 0 aromatic heterocycles. The maximum absolute atomic E-state index is 10.5. The molecule has 1 atom stereocenters. The molecular formula is C14H14N2O2. The minimum atomic E-state index is -0.398. The minimum absolute atomic E-state index is 0.105. The first-order chi connectivity index (χ1) is 8.66. The number of anilines is 1. The van der Waals surface area contributed by atoms with Crippen LogP contribution in [0.25, 0.3) is 0 Å². The minimum Gasteiger partial charge on any atom is -0.379 e. The van der Waals surface area contributed by atoms with Crippen molar-refractivity contribution in [3.8, 4) is 0 Å². The summed E-state index contributed by atoms with van der Waals surface area (Å²) in [5.74, 6) is 0. The Morgan fingerprint density at radius 2 is 1.67 bits per heavy atom. The zero-order chi connectivity index (χ0) is 13.0. The lowest BCUT2D eigenvalue weighted by molar-refractivity contribution is -0.384. The third-order valence-corrected chi connectivity index (χ3v) is 2.76. The van der Waals surface area contributed by atoms with Crippen molar-refractivity contribution in [3.63, 3.8) is 0 Å². The summed E-state index contributed by atoms with van der Waals surface area (Å²) in [4.78, 5) is 10.1. The molecule has 0 aliphatic carbocycles. The molecule has 2 rings (SSSR count). The molecule has 2 aromatic carbocycles. The van der Waals surface area contributed by atoms with E-state index in [9.17, 15) is 10.1 Å². The van der Waals surface area contributed by atoms with Gasteiger partial charge in [0.2, 0.25) is 0 Å². The van der Waals surface area contributed by atoms with Crippen molar-refractivity contribution < 1.29 is 4.92 Å². The van der Waals surface area contributed by atoms with Gasteiger partial charge in [-0.1, -0.05) is 30.3 Å². The highest BCUT2D eigenvalue weighted by atomic mass is 16.6. The van der Waals surface area contributed by atoms with Gasteiger partial charge in [0.05, 0.1) is 4.92 Å². The SMILES string of the molecule is C[C@H](Nc1ccc([N+](=O)[O-])cc1)c1ccccc1. The maximum atomic E-state index is 10.5. The van der Waals surface area contributed by atoms with Crippen LogP contribution in [0.15, 0.2) is 54.6 Å². The van der Waals surface area contributed by atoms with Gasteiger partial charge in [-0.25, -0.2) is 0 Å². The molecule has 1 N–H and O–H groups in total. The molecule has 92 valence electrons. The van der Waals surface area contributed by atoms with Gasteiger partial charge in [-0.15, -0.1) is 0 Å². The lowest BCUT2D eigenvalue weighted by atomic mass is 10.1. The average molecular weight is 242 g/mol. The van der Waals surface area contributed by atoms with Gasteiger partial charge >= 0.3 is 0 Å². The van der Waals surface area contributed by atoms with E-state index in [-0.39, 0.29) is 11.7 Å². The summed E-state index contributed by atoms with van der Waals surface area (Å²) in [6, 6.07) is 16.6. The Morgan fingerprint density at radius 1 is 1.06 bits per heavy atom. The molecule has 0 aliphatic rings. The van der Waals surface area contributed by atoms with E-state index in [1.165, 1.54) is 17.7 Å². The molecule has 0 aliphatic heterocycles. The molecule has 2 aromatic rings. The lowest BCUT2D eigenvalue weighted by Crippen LogP contribution is -2.06. The largest absolute Gasteiger partial charge is 0.379 e. The van der Waals surface area contributed by atoms with Crippen LogP contribution in [0.2, 0.25) is 0 Å². The highest BCUT2D eigenvalue weighted by Crippen LogP contribution is 2.21. The van der Waals surface area contributed by atoms with Crippen LogP contribution < -0.4 is 5.32 Å². The van der Waals surface area contributed by atoms with Crippen LogP contribution in [0.1, 0.15) is 18.5 Å². The van der Waals surface area contributed by atoms with Crippen LogP contribution in [0.3, 0.4) is 0 Å². The Labute approximate surface area is 105 Å². The number of benzene rings is 2. The topological polar surface area (TPSA) is 55.2 Å². The van der Waals surface area contributed by atoms with Crippen molar-refractivity contribution in [3.05, 3.63) is 70.3 Å². The quantitative estimate of drug-likeness (QED) is 0.656. The van der Waals surface area contributed by atoms with Crippen LogP contribution in [-0.2, 0) is 0 Å². The predicted molar refractivity (Wildman–Crippen MR) is 71.6 cm³/mol. The molecule has 0 saturated carbocycles. The number of nitrogens with zero attached hydrogens (tertiary/aromatic N) is 1. The number of hydrogen-bond donors (Lipinski definition) is 1. The Balaban J connectivity index is 2.08. The molecule has 0 unspecified atom stereocenters. The first-order valence-corrected chi connectivity index (χ1v) is 5.73. The second-order valence-corrected chi connectivity index (χ2v) is 4.08. The fourth-order valence-electron chi connectivity index (χ4n) is 1.75. The summed E-state index contributed by atoms with van der Waals surface area (Å²) in [5.41, 5.74) is 2.15. The van der Waals surface area contributed by atoms with Crippen LogP contribution in [0.5, 0.6) is 0 Å². The first kappa shape index (κ1) is 12.1. The zero-order valence-corrected chi connectivity index (χ0v) is 10.0. The van der Waals surface area contributed by atoms with Crippen molar-refractivity contribution in [1.82, 2.24) is 0 Å². The summed E-state index contributed by atoms with van der Waals surface area (Å²) in [6.45, 7) is 2.05. The number of nitro benzene ring substituents is 1. The van der Waals surface area contributed by atoms with Crippen molar-refractivity contribution in [2.75, 3.05) is 5.32 Å². The number of nitrogens with one attached hydrogen (secondary N) is 1. The van der Waals surface area contributed by atoms with E-state index in [2.05, 4.69) is 12.2 Å². The molecule has 0 bridgehead atoms. The average Bonchev–Trinajstić information content (AvgIpc) is 2.40. The molecular weight excluding hydrogens is 228 g/mol. The van der Waals surface area contributed by atoms with Crippen molar-refractivity contribution in [1.29, 1.82) is 0 Å². The van der Waals surface area contributed by atoms with E-state index in [4.69, 9.17) is 0 Å². The van der Waals surface area contributed by atoms with Gasteiger partial charge in [-0.3, -0.25) is 10.1 Å². The van der Waals surface area contributed by atoms with Gasteiger partial charge in [0, 0.05) is 23.9 Å². The van der Waals surface area contributed by atoms with Crippen molar-refractivity contribution in [2.45, 2.75) is 13.0 Å². The van der Waals surface area contributed by atoms with Gasteiger partial charge in [0.1, 0.15) is 0 Å². The Kier molecular flexibility index (Phi) is 3.57. The van der Waals surface area contributed by atoms with Crippen LogP contribution in [0.4, 0.5) is 11.4 Å². The second kappa shape index (κ2) is 5.31. The van der Waals surface area contributed by atoms with E-state index in [0.717, 1.165) is 5.69 Å².